The molecule has 1 fully saturated rings. The van der Waals surface area contributed by atoms with Crippen molar-refractivity contribution >= 4 is 11.8 Å². The monoisotopic (exact) mass is 380 g/mol. The average Bonchev–Trinajstić information content (AvgIpc) is 3.13. The van der Waals surface area contributed by atoms with Crippen LogP contribution < -0.4 is 5.32 Å². The number of pyridine rings is 1. The number of nitrogens with one attached hydrogen (secondary N) is 1. The van der Waals surface area contributed by atoms with E-state index in [0.29, 0.717) is 12.0 Å². The van der Waals surface area contributed by atoms with Crippen molar-refractivity contribution in [1.29, 1.82) is 0 Å². The summed E-state index contributed by atoms with van der Waals surface area (Å²) < 4.78 is 5.84. The predicted molar refractivity (Wildman–Crippen MR) is 106 cm³/mol. The quantitative estimate of drug-likeness (QED) is 0.797. The molecule has 1 N–H and O–H groups in total. The molecule has 5 heteroatoms. The highest BCUT2D eigenvalue weighted by atomic mass is 16.5. The van der Waals surface area contributed by atoms with Crippen molar-refractivity contribution in [3.05, 3.63) is 52.6 Å². The number of nitrogens with zero attached hydrogens (tertiary/aromatic N) is 1. The van der Waals surface area contributed by atoms with E-state index < -0.39 is 5.92 Å². The molecule has 2 heterocycles. The van der Waals surface area contributed by atoms with Crippen LogP contribution in [0.1, 0.15) is 70.8 Å². The number of Topliss-reactive ketones (excluding diaryl/α,β-unsaturated/α-hetero) is 1. The normalized spacial score (nSPS) is 24.8. The van der Waals surface area contributed by atoms with E-state index in [0.717, 1.165) is 54.6 Å². The SMILES string of the molecule is CC1=C(C(=O)OC2CCCC2)C(c2ccncc2)C2=C(CC(C)(C)CC2=O)N1. The van der Waals surface area contributed by atoms with Gasteiger partial charge in [-0.1, -0.05) is 13.8 Å². The second kappa shape index (κ2) is 7.19. The molecule has 3 aliphatic rings. The van der Waals surface area contributed by atoms with E-state index >= 15 is 0 Å². The maximum Gasteiger partial charge on any atom is 0.337 e. The number of carbonyl (C=O) groups is 2. The number of dihydropyridines is 1. The summed E-state index contributed by atoms with van der Waals surface area (Å²) in [4.78, 5) is 30.5. The molecule has 28 heavy (non-hydrogen) atoms. The Morgan fingerprint density at radius 2 is 1.86 bits per heavy atom. The Bertz CT molecular complexity index is 861. The molecule has 1 aromatic heterocycles. The average molecular weight is 380 g/mol. The van der Waals surface area contributed by atoms with Gasteiger partial charge in [0.15, 0.2) is 5.78 Å². The van der Waals surface area contributed by atoms with Crippen molar-refractivity contribution in [2.75, 3.05) is 0 Å². The van der Waals surface area contributed by atoms with E-state index in [9.17, 15) is 9.59 Å². The van der Waals surface area contributed by atoms with Crippen molar-refractivity contribution in [2.24, 2.45) is 5.41 Å². The van der Waals surface area contributed by atoms with Gasteiger partial charge < -0.3 is 10.1 Å². The lowest BCUT2D eigenvalue weighted by Gasteiger charge is -2.39. The summed E-state index contributed by atoms with van der Waals surface area (Å²) in [5.74, 6) is -0.584. The topological polar surface area (TPSA) is 68.3 Å². The molecule has 2 aliphatic carbocycles. The zero-order chi connectivity index (χ0) is 19.9. The molecule has 1 saturated carbocycles. The van der Waals surface area contributed by atoms with Crippen molar-refractivity contribution in [1.82, 2.24) is 10.3 Å². The third kappa shape index (κ3) is 3.50. The molecule has 1 atom stereocenters. The highest BCUT2D eigenvalue weighted by molar-refractivity contribution is 6.04. The molecule has 0 spiro atoms. The molecule has 1 aromatic rings. The zero-order valence-corrected chi connectivity index (χ0v) is 16.9. The number of hydrogen-bond donors (Lipinski definition) is 1. The Balaban J connectivity index is 1.76. The number of hydrogen-bond acceptors (Lipinski definition) is 5. The van der Waals surface area contributed by atoms with Crippen molar-refractivity contribution < 1.29 is 14.3 Å². The van der Waals surface area contributed by atoms with Crippen LogP contribution in [-0.2, 0) is 14.3 Å². The number of ketones is 1. The second-order valence-corrected chi connectivity index (χ2v) is 9.02. The fraction of sp³-hybridized carbons (Fsp3) is 0.522. The minimum absolute atomic E-state index is 0.0118. The zero-order valence-electron chi connectivity index (χ0n) is 16.9. The van der Waals surface area contributed by atoms with Gasteiger partial charge in [-0.3, -0.25) is 9.78 Å². The lowest BCUT2D eigenvalue weighted by molar-refractivity contribution is -0.144. The van der Waals surface area contributed by atoms with Crippen LogP contribution in [0.5, 0.6) is 0 Å². The number of carbonyl (C=O) groups excluding carboxylic acids is 2. The Morgan fingerprint density at radius 1 is 1.18 bits per heavy atom. The Morgan fingerprint density at radius 3 is 2.54 bits per heavy atom. The molecular formula is C23H28N2O3. The number of ether oxygens (including phenoxy) is 1. The van der Waals surface area contributed by atoms with Crippen LogP contribution in [0.4, 0.5) is 0 Å². The van der Waals surface area contributed by atoms with E-state index in [1.807, 2.05) is 19.1 Å². The first-order valence-corrected chi connectivity index (χ1v) is 10.2. The van der Waals surface area contributed by atoms with E-state index in [1.54, 1.807) is 12.4 Å². The minimum Gasteiger partial charge on any atom is -0.459 e. The lowest BCUT2D eigenvalue weighted by atomic mass is 9.68. The van der Waals surface area contributed by atoms with Gasteiger partial charge in [-0.05, 0) is 62.1 Å². The molecule has 148 valence electrons. The number of esters is 1. The highest BCUT2D eigenvalue weighted by Gasteiger charge is 2.43. The first kappa shape index (κ1) is 18.9. The van der Waals surface area contributed by atoms with Crippen LogP contribution in [0.3, 0.4) is 0 Å². The summed E-state index contributed by atoms with van der Waals surface area (Å²) in [5.41, 5.74) is 3.83. The third-order valence-electron chi connectivity index (χ3n) is 6.07. The summed E-state index contributed by atoms with van der Waals surface area (Å²) in [7, 11) is 0. The van der Waals surface area contributed by atoms with Gasteiger partial charge in [-0.15, -0.1) is 0 Å². The smallest absolute Gasteiger partial charge is 0.337 e. The first-order valence-electron chi connectivity index (χ1n) is 10.2. The van der Waals surface area contributed by atoms with Crippen molar-refractivity contribution in [3.8, 4) is 0 Å². The summed E-state index contributed by atoms with van der Waals surface area (Å²) in [6.45, 7) is 6.14. The van der Waals surface area contributed by atoms with Gasteiger partial charge in [0.1, 0.15) is 6.10 Å². The summed E-state index contributed by atoms with van der Waals surface area (Å²) in [5, 5.41) is 3.38. The molecular weight excluding hydrogens is 352 g/mol. The van der Waals surface area contributed by atoms with Gasteiger partial charge in [-0.25, -0.2) is 4.79 Å². The molecule has 0 radical (unpaired) electrons. The van der Waals surface area contributed by atoms with Crippen LogP contribution in [0, 0.1) is 5.41 Å². The first-order chi connectivity index (χ1) is 13.4. The Labute approximate surface area is 166 Å². The molecule has 0 bridgehead atoms. The minimum atomic E-state index is -0.392. The molecule has 1 unspecified atom stereocenters. The van der Waals surface area contributed by atoms with Crippen LogP contribution in [0.15, 0.2) is 47.1 Å². The fourth-order valence-corrected chi connectivity index (χ4v) is 4.82. The Kier molecular flexibility index (Phi) is 4.86. The van der Waals surface area contributed by atoms with Gasteiger partial charge in [0.05, 0.1) is 5.57 Å². The van der Waals surface area contributed by atoms with Crippen molar-refractivity contribution in [3.63, 3.8) is 0 Å². The number of aromatic nitrogens is 1. The van der Waals surface area contributed by atoms with Gasteiger partial charge in [0, 0.05) is 41.7 Å². The molecule has 1 aliphatic heterocycles. The van der Waals surface area contributed by atoms with Crippen LogP contribution in [-0.4, -0.2) is 22.8 Å². The molecule has 0 amide bonds. The van der Waals surface area contributed by atoms with Gasteiger partial charge in [0.2, 0.25) is 0 Å². The van der Waals surface area contributed by atoms with Gasteiger partial charge >= 0.3 is 5.97 Å². The summed E-state index contributed by atoms with van der Waals surface area (Å²) >= 11 is 0. The van der Waals surface area contributed by atoms with Gasteiger partial charge in [-0.2, -0.15) is 0 Å². The maximum absolute atomic E-state index is 13.2. The lowest BCUT2D eigenvalue weighted by Crippen LogP contribution is -2.39. The predicted octanol–water partition coefficient (Wildman–Crippen LogP) is 4.17. The van der Waals surface area contributed by atoms with Crippen LogP contribution >= 0.6 is 0 Å². The number of rotatable bonds is 3. The largest absolute Gasteiger partial charge is 0.459 e. The third-order valence-corrected chi connectivity index (χ3v) is 6.07. The van der Waals surface area contributed by atoms with Crippen LogP contribution in [0.2, 0.25) is 0 Å². The molecule has 0 aromatic carbocycles. The van der Waals surface area contributed by atoms with Gasteiger partial charge in [0.25, 0.3) is 0 Å². The van der Waals surface area contributed by atoms with E-state index in [4.69, 9.17) is 4.74 Å². The van der Waals surface area contributed by atoms with E-state index in [-0.39, 0.29) is 23.3 Å². The summed E-state index contributed by atoms with van der Waals surface area (Å²) in [6.07, 6.45) is 8.74. The standard InChI is InChI=1S/C23H28N2O3/c1-14-19(22(27)28-16-6-4-5-7-16)20(15-8-10-24-11-9-15)21-17(25-14)12-23(2,3)13-18(21)26/h8-11,16,20,25H,4-7,12-13H2,1-3H3. The van der Waals surface area contributed by atoms with Crippen molar-refractivity contribution in [2.45, 2.75) is 71.3 Å². The van der Waals surface area contributed by atoms with Crippen LogP contribution in [0.25, 0.3) is 0 Å². The Hall–Kier alpha value is -2.43. The van der Waals surface area contributed by atoms with E-state index in [2.05, 4.69) is 24.1 Å². The van der Waals surface area contributed by atoms with E-state index in [1.165, 1.54) is 0 Å². The molecule has 0 saturated heterocycles. The molecule has 5 nitrogen and oxygen atoms in total. The second-order valence-electron chi connectivity index (χ2n) is 9.02. The summed E-state index contributed by atoms with van der Waals surface area (Å²) in [6, 6.07) is 3.79. The number of allylic oxidation sites excluding steroid dienone is 3. The highest BCUT2D eigenvalue weighted by Crippen LogP contribution is 2.46. The maximum atomic E-state index is 13.2. The molecule has 4 rings (SSSR count). The fourth-order valence-electron chi connectivity index (χ4n) is 4.82.